The SMILES string of the molecule is O[n+]1cc[nH]c1.[Br-]. The third-order valence-corrected chi connectivity index (χ3v) is 0.530. The van der Waals surface area contributed by atoms with Gasteiger partial charge in [0.1, 0.15) is 6.20 Å². The Hall–Kier alpha value is -0.510. The van der Waals surface area contributed by atoms with Crippen LogP contribution in [0.25, 0.3) is 0 Å². The van der Waals surface area contributed by atoms with Crippen LogP contribution in [-0.2, 0) is 0 Å². The molecule has 0 aliphatic heterocycles. The van der Waals surface area contributed by atoms with E-state index in [1.165, 1.54) is 12.5 Å². The van der Waals surface area contributed by atoms with Crippen molar-refractivity contribution in [2.75, 3.05) is 0 Å². The lowest BCUT2D eigenvalue weighted by molar-refractivity contribution is -0.903. The van der Waals surface area contributed by atoms with Crippen LogP contribution in [0.5, 0.6) is 0 Å². The van der Waals surface area contributed by atoms with Crippen molar-refractivity contribution in [1.82, 2.24) is 4.98 Å². The Kier molecular flexibility index (Phi) is 2.44. The molecule has 0 radical (unpaired) electrons. The molecular weight excluding hydrogens is 160 g/mol. The summed E-state index contributed by atoms with van der Waals surface area (Å²) in [4.78, 5) is 2.64. The topological polar surface area (TPSA) is 39.9 Å². The highest BCUT2D eigenvalue weighted by molar-refractivity contribution is 4.53. The first-order chi connectivity index (χ1) is 2.89. The largest absolute Gasteiger partial charge is 1.00 e. The predicted octanol–water partition coefficient (Wildman–Crippen LogP) is -3.46. The molecule has 0 saturated carbocycles. The molecule has 1 heterocycles. The molecule has 1 rings (SSSR count). The number of nitrogens with zero attached hydrogens (tertiary/aromatic N) is 1. The summed E-state index contributed by atoms with van der Waals surface area (Å²) in [6.07, 6.45) is 4.56. The average Bonchev–Trinajstić information content (AvgIpc) is 1.86. The van der Waals surface area contributed by atoms with Gasteiger partial charge in [-0.25, -0.2) is 4.98 Å². The molecule has 0 aliphatic carbocycles. The van der Waals surface area contributed by atoms with Gasteiger partial charge in [-0.15, -0.1) is 0 Å². The smallest absolute Gasteiger partial charge is 0.281 e. The lowest BCUT2D eigenvalue weighted by Gasteiger charge is -1.65. The van der Waals surface area contributed by atoms with Crippen molar-refractivity contribution >= 4 is 0 Å². The Bertz CT molecular complexity index is 116. The molecule has 0 aliphatic rings. The zero-order valence-electron chi connectivity index (χ0n) is 3.50. The van der Waals surface area contributed by atoms with Crippen LogP contribution in [0.15, 0.2) is 18.7 Å². The van der Waals surface area contributed by atoms with Crippen LogP contribution in [-0.4, -0.2) is 10.2 Å². The average molecular weight is 165 g/mol. The summed E-state index contributed by atoms with van der Waals surface area (Å²) in [6, 6.07) is 0. The first kappa shape index (κ1) is 6.49. The normalized spacial score (nSPS) is 7.43. The molecule has 2 N–H and O–H groups in total. The standard InChI is InChI=1S/C3H4N2O.BrH/c6-5-2-1-4-3-5;/h1-3,6H;1H. The summed E-state index contributed by atoms with van der Waals surface area (Å²) in [5, 5.41) is 8.36. The Labute approximate surface area is 51.3 Å². The summed E-state index contributed by atoms with van der Waals surface area (Å²) in [5.74, 6) is 0. The van der Waals surface area contributed by atoms with Crippen LogP contribution < -0.4 is 21.7 Å². The van der Waals surface area contributed by atoms with Crippen molar-refractivity contribution in [3.63, 3.8) is 0 Å². The summed E-state index contributed by atoms with van der Waals surface area (Å²) < 4.78 is 0.944. The Balaban J connectivity index is 0.000000360. The van der Waals surface area contributed by atoms with Gasteiger partial charge in [-0.1, -0.05) is 4.73 Å². The van der Waals surface area contributed by atoms with Crippen molar-refractivity contribution in [3.05, 3.63) is 18.7 Å². The van der Waals surface area contributed by atoms with Crippen molar-refractivity contribution in [3.8, 4) is 0 Å². The molecule has 0 saturated heterocycles. The van der Waals surface area contributed by atoms with E-state index in [0.29, 0.717) is 0 Å². The lowest BCUT2D eigenvalue weighted by atomic mass is 11.0. The maximum Gasteiger partial charge on any atom is 0.281 e. The van der Waals surface area contributed by atoms with Gasteiger partial charge in [-0.05, 0) is 0 Å². The van der Waals surface area contributed by atoms with Gasteiger partial charge in [0.05, 0.1) is 0 Å². The van der Waals surface area contributed by atoms with Crippen molar-refractivity contribution in [2.24, 2.45) is 0 Å². The number of rotatable bonds is 0. The van der Waals surface area contributed by atoms with Gasteiger partial charge in [0, 0.05) is 0 Å². The summed E-state index contributed by atoms with van der Waals surface area (Å²) >= 11 is 0. The Morgan fingerprint density at radius 1 is 1.57 bits per heavy atom. The zero-order valence-corrected chi connectivity index (χ0v) is 5.09. The van der Waals surface area contributed by atoms with E-state index < -0.39 is 0 Å². The summed E-state index contributed by atoms with van der Waals surface area (Å²) in [6.45, 7) is 0. The molecular formula is C3H5BrN2O. The third-order valence-electron chi connectivity index (χ3n) is 0.530. The highest BCUT2D eigenvalue weighted by Crippen LogP contribution is 1.59. The fourth-order valence-corrected chi connectivity index (χ4v) is 0.282. The number of halogens is 1. The van der Waals surface area contributed by atoms with E-state index in [9.17, 15) is 0 Å². The minimum atomic E-state index is 0. The second-order valence-corrected chi connectivity index (χ2v) is 0.992. The van der Waals surface area contributed by atoms with E-state index in [-0.39, 0.29) is 17.0 Å². The Morgan fingerprint density at radius 2 is 2.29 bits per heavy atom. The van der Waals surface area contributed by atoms with Crippen LogP contribution in [0.4, 0.5) is 0 Å². The van der Waals surface area contributed by atoms with Gasteiger partial charge in [0.2, 0.25) is 0 Å². The molecule has 0 bridgehead atoms. The molecule has 1 aromatic heterocycles. The summed E-state index contributed by atoms with van der Waals surface area (Å²) in [7, 11) is 0. The number of hydrogen-bond donors (Lipinski definition) is 2. The lowest BCUT2D eigenvalue weighted by Crippen LogP contribution is -3.00. The molecule has 3 nitrogen and oxygen atoms in total. The van der Waals surface area contributed by atoms with Gasteiger partial charge in [-0.3, -0.25) is 0 Å². The number of hydrogen-bond acceptors (Lipinski definition) is 1. The van der Waals surface area contributed by atoms with Crippen LogP contribution in [0.3, 0.4) is 0 Å². The molecule has 0 spiro atoms. The van der Waals surface area contributed by atoms with Gasteiger partial charge < -0.3 is 22.2 Å². The van der Waals surface area contributed by atoms with E-state index in [4.69, 9.17) is 5.21 Å². The highest BCUT2D eigenvalue weighted by atomic mass is 79.9. The molecule has 0 unspecified atom stereocenters. The van der Waals surface area contributed by atoms with Crippen molar-refractivity contribution in [2.45, 2.75) is 0 Å². The van der Waals surface area contributed by atoms with Crippen LogP contribution in [0, 0.1) is 0 Å². The van der Waals surface area contributed by atoms with E-state index in [0.717, 1.165) is 4.73 Å². The molecule has 1 aromatic rings. The minimum Gasteiger partial charge on any atom is -1.00 e. The van der Waals surface area contributed by atoms with Crippen molar-refractivity contribution < 1.29 is 26.9 Å². The third kappa shape index (κ3) is 1.59. The van der Waals surface area contributed by atoms with Gasteiger partial charge in [0.15, 0.2) is 6.20 Å². The summed E-state index contributed by atoms with van der Waals surface area (Å²) in [5.41, 5.74) is 0. The maximum absolute atomic E-state index is 8.36. The first-order valence-electron chi connectivity index (χ1n) is 1.63. The van der Waals surface area contributed by atoms with E-state index in [1.807, 2.05) is 0 Å². The zero-order chi connectivity index (χ0) is 4.41. The number of imidazole rings is 1. The minimum absolute atomic E-state index is 0. The molecule has 0 fully saturated rings. The second kappa shape index (κ2) is 2.63. The molecule has 7 heavy (non-hydrogen) atoms. The Morgan fingerprint density at radius 3 is 2.43 bits per heavy atom. The number of H-pyrrole nitrogens is 1. The van der Waals surface area contributed by atoms with E-state index in [1.54, 1.807) is 6.20 Å². The van der Waals surface area contributed by atoms with Crippen LogP contribution in [0.1, 0.15) is 0 Å². The molecule has 4 heteroatoms. The van der Waals surface area contributed by atoms with Crippen molar-refractivity contribution in [1.29, 1.82) is 0 Å². The molecule has 40 valence electrons. The molecule has 0 atom stereocenters. The number of aromatic nitrogens is 2. The first-order valence-corrected chi connectivity index (χ1v) is 1.63. The fourth-order valence-electron chi connectivity index (χ4n) is 0.282. The number of aromatic amines is 1. The van der Waals surface area contributed by atoms with Gasteiger partial charge in [0.25, 0.3) is 6.33 Å². The quantitative estimate of drug-likeness (QED) is 0.304. The second-order valence-electron chi connectivity index (χ2n) is 0.992. The molecule has 0 amide bonds. The predicted molar refractivity (Wildman–Crippen MR) is 18.2 cm³/mol. The number of nitrogens with one attached hydrogen (secondary N) is 1. The van der Waals surface area contributed by atoms with Gasteiger partial charge >= 0.3 is 0 Å². The maximum atomic E-state index is 8.36. The molecule has 0 aromatic carbocycles. The monoisotopic (exact) mass is 164 g/mol. The van der Waals surface area contributed by atoms with Crippen LogP contribution >= 0.6 is 0 Å². The van der Waals surface area contributed by atoms with Crippen LogP contribution in [0.2, 0.25) is 0 Å². The fraction of sp³-hybridized carbons (Fsp3) is 0. The van der Waals surface area contributed by atoms with E-state index in [2.05, 4.69) is 4.98 Å². The van der Waals surface area contributed by atoms with Gasteiger partial charge in [-0.2, -0.15) is 0 Å². The van der Waals surface area contributed by atoms with E-state index >= 15 is 0 Å². The highest BCUT2D eigenvalue weighted by Gasteiger charge is 1.82.